The summed E-state index contributed by atoms with van der Waals surface area (Å²) in [6.07, 6.45) is -2.95. The van der Waals surface area contributed by atoms with Crippen molar-refractivity contribution < 1.29 is 13.2 Å². The highest BCUT2D eigenvalue weighted by Crippen LogP contribution is 2.34. The Morgan fingerprint density at radius 3 is 2.58 bits per heavy atom. The van der Waals surface area contributed by atoms with Gasteiger partial charge >= 0.3 is 6.18 Å². The van der Waals surface area contributed by atoms with Crippen molar-refractivity contribution in [3.63, 3.8) is 0 Å². The van der Waals surface area contributed by atoms with E-state index >= 15 is 0 Å². The van der Waals surface area contributed by atoms with Gasteiger partial charge < -0.3 is 0 Å². The molecule has 2 nitrogen and oxygen atoms in total. The second kappa shape index (κ2) is 4.06. The van der Waals surface area contributed by atoms with E-state index < -0.39 is 11.9 Å². The fourth-order valence-corrected chi connectivity index (χ4v) is 2.20. The number of rotatable bonds is 0. The number of hydrogen-bond acceptors (Lipinski definition) is 2. The van der Waals surface area contributed by atoms with Crippen LogP contribution in [0.2, 0.25) is 5.02 Å². The zero-order valence-electron chi connectivity index (χ0n) is 9.37. The molecule has 3 rings (SSSR count). The van der Waals surface area contributed by atoms with Crippen LogP contribution in [0.15, 0.2) is 36.5 Å². The molecule has 0 aliphatic heterocycles. The first-order valence-corrected chi connectivity index (χ1v) is 5.76. The van der Waals surface area contributed by atoms with Gasteiger partial charge in [0.05, 0.1) is 16.1 Å². The third-order valence-corrected chi connectivity index (χ3v) is 3.11. The molecule has 0 atom stereocenters. The molecule has 2 aromatic heterocycles. The molecule has 0 unspecified atom stereocenters. The normalized spacial score (nSPS) is 12.2. The maximum Gasteiger partial charge on any atom is 0.433 e. The van der Waals surface area contributed by atoms with Crippen LogP contribution < -0.4 is 0 Å². The van der Waals surface area contributed by atoms with Gasteiger partial charge in [0.2, 0.25) is 0 Å². The Labute approximate surface area is 110 Å². The third kappa shape index (κ3) is 2.00. The molecule has 0 saturated carbocycles. The van der Waals surface area contributed by atoms with Crippen molar-refractivity contribution in [3.8, 4) is 0 Å². The number of benzene rings is 1. The van der Waals surface area contributed by atoms with Crippen LogP contribution in [-0.2, 0) is 6.18 Å². The van der Waals surface area contributed by atoms with Gasteiger partial charge in [-0.3, -0.25) is 4.98 Å². The summed E-state index contributed by atoms with van der Waals surface area (Å²) in [6, 6.07) is 7.50. The van der Waals surface area contributed by atoms with Gasteiger partial charge in [-0.15, -0.1) is 0 Å². The number of fused-ring (bicyclic) bond motifs is 3. The second-order valence-corrected chi connectivity index (χ2v) is 4.43. The van der Waals surface area contributed by atoms with E-state index in [1.54, 1.807) is 30.5 Å². The number of nitrogens with zero attached hydrogens (tertiary/aromatic N) is 2. The van der Waals surface area contributed by atoms with Gasteiger partial charge in [0.1, 0.15) is 5.69 Å². The first-order valence-electron chi connectivity index (χ1n) is 5.38. The minimum Gasteiger partial charge on any atom is -0.256 e. The van der Waals surface area contributed by atoms with Crippen LogP contribution >= 0.6 is 11.6 Å². The fourth-order valence-electron chi connectivity index (χ4n) is 1.95. The second-order valence-electron chi connectivity index (χ2n) is 4.02. The number of alkyl halides is 3. The summed E-state index contributed by atoms with van der Waals surface area (Å²) >= 11 is 5.91. The largest absolute Gasteiger partial charge is 0.433 e. The molecule has 0 fully saturated rings. The lowest BCUT2D eigenvalue weighted by Crippen LogP contribution is -2.08. The predicted molar refractivity (Wildman–Crippen MR) is 67.1 cm³/mol. The van der Waals surface area contributed by atoms with Crippen molar-refractivity contribution in [1.29, 1.82) is 0 Å². The monoisotopic (exact) mass is 282 g/mol. The Kier molecular flexibility index (Phi) is 2.60. The maximum atomic E-state index is 12.8. The van der Waals surface area contributed by atoms with Gasteiger partial charge in [-0.2, -0.15) is 13.2 Å². The molecule has 1 aromatic carbocycles. The molecule has 0 aliphatic carbocycles. The summed E-state index contributed by atoms with van der Waals surface area (Å²) in [4.78, 5) is 7.77. The first kappa shape index (κ1) is 12.2. The average Bonchev–Trinajstić information content (AvgIpc) is 2.37. The lowest BCUT2D eigenvalue weighted by molar-refractivity contribution is -0.140. The van der Waals surface area contributed by atoms with Crippen molar-refractivity contribution in [2.24, 2.45) is 0 Å². The zero-order valence-corrected chi connectivity index (χ0v) is 10.1. The smallest absolute Gasteiger partial charge is 0.256 e. The van der Waals surface area contributed by atoms with Gasteiger partial charge in [-0.25, -0.2) is 4.98 Å². The van der Waals surface area contributed by atoms with Gasteiger partial charge in [0.25, 0.3) is 0 Å². The molecule has 3 aromatic rings. The maximum absolute atomic E-state index is 12.8. The number of pyridine rings is 2. The molecule has 0 spiro atoms. The Hall–Kier alpha value is -1.88. The van der Waals surface area contributed by atoms with Crippen molar-refractivity contribution in [2.45, 2.75) is 6.18 Å². The lowest BCUT2D eigenvalue weighted by Gasteiger charge is -2.09. The van der Waals surface area contributed by atoms with E-state index in [4.69, 9.17) is 11.6 Å². The zero-order chi connectivity index (χ0) is 13.6. The minimum absolute atomic E-state index is 0.0306. The van der Waals surface area contributed by atoms with E-state index in [1.807, 2.05) is 0 Å². The first-order chi connectivity index (χ1) is 8.97. The van der Waals surface area contributed by atoms with Gasteiger partial charge in [0.15, 0.2) is 0 Å². The molecule has 96 valence electrons. The van der Waals surface area contributed by atoms with Crippen LogP contribution in [0.3, 0.4) is 0 Å². The summed E-state index contributed by atoms with van der Waals surface area (Å²) in [5.74, 6) is 0. The van der Waals surface area contributed by atoms with Gasteiger partial charge in [-0.1, -0.05) is 11.6 Å². The molecule has 0 radical (unpaired) electrons. The molecular weight excluding hydrogens is 277 g/mol. The van der Waals surface area contributed by atoms with E-state index in [0.29, 0.717) is 16.3 Å². The van der Waals surface area contributed by atoms with Crippen LogP contribution in [0.25, 0.3) is 21.8 Å². The summed E-state index contributed by atoms with van der Waals surface area (Å²) < 4.78 is 38.3. The Balaban J connectivity index is 2.47. The number of hydrogen-bond donors (Lipinski definition) is 0. The Morgan fingerprint density at radius 1 is 1.05 bits per heavy atom. The van der Waals surface area contributed by atoms with Crippen LogP contribution in [0.1, 0.15) is 5.69 Å². The SMILES string of the molecule is FC(F)(F)c1cc(Cl)c2ccc3ncccc3c2n1. The number of aromatic nitrogens is 2. The fraction of sp³-hybridized carbons (Fsp3) is 0.0769. The summed E-state index contributed by atoms with van der Waals surface area (Å²) in [7, 11) is 0. The molecule has 2 heterocycles. The number of halogens is 4. The van der Waals surface area contributed by atoms with E-state index in [2.05, 4.69) is 9.97 Å². The molecule has 0 aliphatic rings. The van der Waals surface area contributed by atoms with Crippen molar-refractivity contribution in [1.82, 2.24) is 9.97 Å². The van der Waals surface area contributed by atoms with E-state index in [0.717, 1.165) is 6.07 Å². The minimum atomic E-state index is -4.53. The van der Waals surface area contributed by atoms with Crippen LogP contribution in [-0.4, -0.2) is 9.97 Å². The molecule has 0 saturated heterocycles. The summed E-state index contributed by atoms with van der Waals surface area (Å²) in [5, 5.41) is 1.06. The lowest BCUT2D eigenvalue weighted by atomic mass is 10.1. The predicted octanol–water partition coefficient (Wildman–Crippen LogP) is 4.46. The van der Waals surface area contributed by atoms with E-state index in [1.165, 1.54) is 0 Å². The quantitative estimate of drug-likeness (QED) is 0.569. The molecule has 0 amide bonds. The third-order valence-electron chi connectivity index (χ3n) is 2.80. The molecule has 6 heteroatoms. The highest BCUT2D eigenvalue weighted by molar-refractivity contribution is 6.36. The van der Waals surface area contributed by atoms with Crippen molar-refractivity contribution >= 4 is 33.4 Å². The molecule has 19 heavy (non-hydrogen) atoms. The van der Waals surface area contributed by atoms with Crippen molar-refractivity contribution in [3.05, 3.63) is 47.2 Å². The Morgan fingerprint density at radius 2 is 1.84 bits per heavy atom. The Bertz CT molecular complexity index is 784. The molecule has 0 bridgehead atoms. The van der Waals surface area contributed by atoms with E-state index in [-0.39, 0.29) is 10.5 Å². The highest BCUT2D eigenvalue weighted by Gasteiger charge is 2.33. The van der Waals surface area contributed by atoms with Crippen molar-refractivity contribution in [2.75, 3.05) is 0 Å². The topological polar surface area (TPSA) is 25.8 Å². The van der Waals surface area contributed by atoms with Crippen LogP contribution in [0.4, 0.5) is 13.2 Å². The average molecular weight is 283 g/mol. The van der Waals surface area contributed by atoms with Crippen LogP contribution in [0, 0.1) is 0 Å². The summed E-state index contributed by atoms with van der Waals surface area (Å²) in [5.41, 5.74) is -0.204. The summed E-state index contributed by atoms with van der Waals surface area (Å²) in [6.45, 7) is 0. The van der Waals surface area contributed by atoms with Crippen LogP contribution in [0.5, 0.6) is 0 Å². The van der Waals surface area contributed by atoms with E-state index in [9.17, 15) is 13.2 Å². The molecular formula is C13H6ClF3N2. The van der Waals surface area contributed by atoms with Gasteiger partial charge in [0, 0.05) is 17.0 Å². The molecule has 0 N–H and O–H groups in total. The van der Waals surface area contributed by atoms with Gasteiger partial charge in [-0.05, 0) is 30.3 Å². The highest BCUT2D eigenvalue weighted by atomic mass is 35.5. The standard InChI is InChI=1S/C13H6ClF3N2/c14-9-6-11(13(15,16)17)19-12-7(9)3-4-10-8(12)2-1-5-18-10/h1-6H.